The van der Waals surface area contributed by atoms with Crippen LogP contribution in [0.2, 0.25) is 10.2 Å². The highest BCUT2D eigenvalue weighted by Crippen LogP contribution is 2.39. The molecular weight excluding hydrogens is 231 g/mol. The molecule has 0 saturated heterocycles. The molecule has 1 saturated carbocycles. The number of benzene rings is 1. The van der Waals surface area contributed by atoms with Gasteiger partial charge in [0.2, 0.25) is 0 Å². The third kappa shape index (κ3) is 1.58. The van der Waals surface area contributed by atoms with Gasteiger partial charge in [0.25, 0.3) is 0 Å². The predicted octanol–water partition coefficient (Wildman–Crippen LogP) is 3.81. The van der Waals surface area contributed by atoms with E-state index in [0.717, 1.165) is 29.6 Å². The zero-order chi connectivity index (χ0) is 10.4. The molecule has 3 rings (SSSR count). The minimum absolute atomic E-state index is 0.489. The molecule has 2 nitrogen and oxygen atoms in total. The molecule has 0 unspecified atom stereocenters. The van der Waals surface area contributed by atoms with Gasteiger partial charge in [0.1, 0.15) is 11.0 Å². The summed E-state index contributed by atoms with van der Waals surface area (Å²) in [6, 6.07) is 5.57. The molecule has 76 valence electrons. The number of hydrogen-bond acceptors (Lipinski definition) is 2. The molecule has 1 heterocycles. The maximum Gasteiger partial charge on any atom is 0.140 e. The van der Waals surface area contributed by atoms with Crippen molar-refractivity contribution in [2.75, 3.05) is 0 Å². The van der Waals surface area contributed by atoms with Crippen molar-refractivity contribution in [3.63, 3.8) is 0 Å². The number of nitrogens with zero attached hydrogens (tertiary/aromatic N) is 2. The summed E-state index contributed by atoms with van der Waals surface area (Å²) in [6.45, 7) is 0. The number of hydrogen-bond donors (Lipinski definition) is 0. The highest BCUT2D eigenvalue weighted by molar-refractivity contribution is 6.38. The van der Waals surface area contributed by atoms with Crippen LogP contribution in [0.1, 0.15) is 24.6 Å². The van der Waals surface area contributed by atoms with Crippen molar-refractivity contribution >= 4 is 34.1 Å². The smallest absolute Gasteiger partial charge is 0.140 e. The molecular formula is C11H8Cl2N2. The fourth-order valence-electron chi connectivity index (χ4n) is 1.62. The fraction of sp³-hybridized carbons (Fsp3) is 0.273. The number of rotatable bonds is 1. The first-order valence-electron chi connectivity index (χ1n) is 4.87. The van der Waals surface area contributed by atoms with Crippen LogP contribution >= 0.6 is 23.2 Å². The topological polar surface area (TPSA) is 25.8 Å². The van der Waals surface area contributed by atoms with Gasteiger partial charge in [-0.15, -0.1) is 0 Å². The third-order valence-corrected chi connectivity index (χ3v) is 3.18. The fourth-order valence-corrected chi connectivity index (χ4v) is 2.08. The first-order chi connectivity index (χ1) is 7.25. The monoisotopic (exact) mass is 238 g/mol. The second-order valence-corrected chi connectivity index (χ2v) is 4.55. The Morgan fingerprint density at radius 2 is 1.93 bits per heavy atom. The summed E-state index contributed by atoms with van der Waals surface area (Å²) in [4.78, 5) is 8.77. The molecule has 0 N–H and O–H groups in total. The Morgan fingerprint density at radius 1 is 1.13 bits per heavy atom. The number of halogens is 2. The average molecular weight is 239 g/mol. The van der Waals surface area contributed by atoms with Crippen LogP contribution in [0.15, 0.2) is 18.2 Å². The normalized spacial score (nSPS) is 15.9. The molecule has 1 aliphatic rings. The third-order valence-electron chi connectivity index (χ3n) is 2.59. The maximum absolute atomic E-state index is 6.10. The Labute approximate surface area is 97.2 Å². The zero-order valence-corrected chi connectivity index (χ0v) is 9.39. The molecule has 1 aliphatic carbocycles. The van der Waals surface area contributed by atoms with Crippen LogP contribution in [0.25, 0.3) is 10.9 Å². The van der Waals surface area contributed by atoms with E-state index in [4.69, 9.17) is 23.2 Å². The number of para-hydroxylation sites is 1. The lowest BCUT2D eigenvalue weighted by molar-refractivity contribution is 0.948. The molecule has 15 heavy (non-hydrogen) atoms. The quantitative estimate of drug-likeness (QED) is 0.707. The van der Waals surface area contributed by atoms with Crippen molar-refractivity contribution in [1.29, 1.82) is 0 Å². The second-order valence-electron chi connectivity index (χ2n) is 3.78. The number of fused-ring (bicyclic) bond motifs is 1. The van der Waals surface area contributed by atoms with Crippen molar-refractivity contribution in [2.24, 2.45) is 0 Å². The molecule has 0 radical (unpaired) electrons. The molecule has 0 amide bonds. The van der Waals surface area contributed by atoms with Gasteiger partial charge in [-0.05, 0) is 25.0 Å². The molecule has 0 bridgehead atoms. The van der Waals surface area contributed by atoms with Gasteiger partial charge >= 0.3 is 0 Å². The largest absolute Gasteiger partial charge is 0.231 e. The van der Waals surface area contributed by atoms with Gasteiger partial charge in [-0.2, -0.15) is 0 Å². The van der Waals surface area contributed by atoms with Crippen LogP contribution < -0.4 is 0 Å². The summed E-state index contributed by atoms with van der Waals surface area (Å²) >= 11 is 12.2. The van der Waals surface area contributed by atoms with E-state index in [1.165, 1.54) is 0 Å². The Morgan fingerprint density at radius 3 is 2.67 bits per heavy atom. The van der Waals surface area contributed by atoms with Gasteiger partial charge in [0.05, 0.1) is 10.5 Å². The molecule has 0 atom stereocenters. The second kappa shape index (κ2) is 3.32. The summed E-state index contributed by atoms with van der Waals surface area (Å²) in [5, 5.41) is 1.97. The van der Waals surface area contributed by atoms with Crippen molar-refractivity contribution in [2.45, 2.75) is 18.8 Å². The lowest BCUT2D eigenvalue weighted by atomic mass is 10.2. The van der Waals surface area contributed by atoms with E-state index in [0.29, 0.717) is 16.1 Å². The van der Waals surface area contributed by atoms with Crippen molar-refractivity contribution < 1.29 is 0 Å². The number of aromatic nitrogens is 2. The van der Waals surface area contributed by atoms with Crippen LogP contribution in [-0.2, 0) is 0 Å². The SMILES string of the molecule is Clc1nc(C2CC2)nc2c(Cl)cccc12. The summed E-state index contributed by atoms with van der Waals surface area (Å²) in [6.07, 6.45) is 2.32. The van der Waals surface area contributed by atoms with Gasteiger partial charge in [-0.3, -0.25) is 0 Å². The Balaban J connectivity index is 2.32. The van der Waals surface area contributed by atoms with E-state index >= 15 is 0 Å². The van der Waals surface area contributed by atoms with Crippen molar-refractivity contribution in [3.8, 4) is 0 Å². The van der Waals surface area contributed by atoms with Crippen LogP contribution in [0.3, 0.4) is 0 Å². The van der Waals surface area contributed by atoms with Gasteiger partial charge in [-0.25, -0.2) is 9.97 Å². The van der Waals surface area contributed by atoms with Crippen LogP contribution in [-0.4, -0.2) is 9.97 Å². The summed E-state index contributed by atoms with van der Waals surface area (Å²) in [5.41, 5.74) is 0.765. The van der Waals surface area contributed by atoms with Gasteiger partial charge < -0.3 is 0 Å². The molecule has 0 aliphatic heterocycles. The highest BCUT2D eigenvalue weighted by Gasteiger charge is 2.27. The van der Waals surface area contributed by atoms with Crippen LogP contribution in [0.4, 0.5) is 0 Å². The predicted molar refractivity (Wildman–Crippen MR) is 61.5 cm³/mol. The van der Waals surface area contributed by atoms with E-state index in [2.05, 4.69) is 9.97 Å². The van der Waals surface area contributed by atoms with E-state index in [1.54, 1.807) is 0 Å². The lowest BCUT2D eigenvalue weighted by Crippen LogP contribution is -1.94. The molecule has 2 aromatic rings. The standard InChI is InChI=1S/C11H8Cl2N2/c12-8-3-1-2-7-9(8)14-11(6-4-5-6)15-10(7)13/h1-3,6H,4-5H2. The summed E-state index contributed by atoms with van der Waals surface area (Å²) < 4.78 is 0. The van der Waals surface area contributed by atoms with Crippen LogP contribution in [0.5, 0.6) is 0 Å². The van der Waals surface area contributed by atoms with Gasteiger partial charge in [0.15, 0.2) is 0 Å². The zero-order valence-electron chi connectivity index (χ0n) is 7.87. The molecule has 1 aromatic carbocycles. The van der Waals surface area contributed by atoms with E-state index in [9.17, 15) is 0 Å². The summed E-state index contributed by atoms with van der Waals surface area (Å²) in [7, 11) is 0. The average Bonchev–Trinajstić information content (AvgIpc) is 3.02. The molecule has 0 spiro atoms. The molecule has 1 fully saturated rings. The van der Waals surface area contributed by atoms with Crippen molar-refractivity contribution in [3.05, 3.63) is 34.2 Å². The van der Waals surface area contributed by atoms with Crippen LogP contribution in [0, 0.1) is 0 Å². The Hall–Kier alpha value is -0.860. The van der Waals surface area contributed by atoms with E-state index < -0.39 is 0 Å². The maximum atomic E-state index is 6.10. The minimum atomic E-state index is 0.489. The minimum Gasteiger partial charge on any atom is -0.231 e. The van der Waals surface area contributed by atoms with Gasteiger partial charge in [-0.1, -0.05) is 29.3 Å². The first kappa shape index (κ1) is 9.37. The highest BCUT2D eigenvalue weighted by atomic mass is 35.5. The first-order valence-corrected chi connectivity index (χ1v) is 5.63. The molecule has 4 heteroatoms. The van der Waals surface area contributed by atoms with Gasteiger partial charge in [0, 0.05) is 11.3 Å². The summed E-state index contributed by atoms with van der Waals surface area (Å²) in [5.74, 6) is 1.32. The van der Waals surface area contributed by atoms with E-state index in [-0.39, 0.29) is 0 Å². The van der Waals surface area contributed by atoms with E-state index in [1.807, 2.05) is 18.2 Å². The Bertz CT molecular complexity index is 535. The molecule has 1 aromatic heterocycles. The Kier molecular flexibility index (Phi) is 2.08. The van der Waals surface area contributed by atoms with Crippen molar-refractivity contribution in [1.82, 2.24) is 9.97 Å². The lowest BCUT2D eigenvalue weighted by Gasteiger charge is -2.04.